The number of amides is 1. The molecule has 0 aliphatic carbocycles. The first-order valence-corrected chi connectivity index (χ1v) is 5.91. The smallest absolute Gasteiger partial charge is 0.269 e. The zero-order valence-corrected chi connectivity index (χ0v) is 10.4. The molecule has 0 bridgehead atoms. The molecule has 1 heterocycles. The maximum Gasteiger partial charge on any atom is 0.269 e. The van der Waals surface area contributed by atoms with Gasteiger partial charge in [0.25, 0.3) is 5.91 Å². The van der Waals surface area contributed by atoms with Gasteiger partial charge in [0, 0.05) is 11.9 Å². The molecule has 0 aliphatic heterocycles. The zero-order chi connectivity index (χ0) is 13.1. The normalized spacial score (nSPS) is 10.9. The van der Waals surface area contributed by atoms with Gasteiger partial charge in [-0.05, 0) is 18.1 Å². The summed E-state index contributed by atoms with van der Waals surface area (Å²) in [5, 5.41) is 3.45. The van der Waals surface area contributed by atoms with Gasteiger partial charge in [-0.1, -0.05) is 32.0 Å². The van der Waals surface area contributed by atoms with E-state index in [4.69, 9.17) is 0 Å². The van der Waals surface area contributed by atoms with Crippen LogP contribution in [0.1, 0.15) is 24.3 Å². The fraction of sp³-hybridized carbons (Fsp3) is 0.286. The summed E-state index contributed by atoms with van der Waals surface area (Å²) >= 11 is 0. The van der Waals surface area contributed by atoms with Crippen molar-refractivity contribution >= 4 is 16.8 Å². The van der Waals surface area contributed by atoms with Crippen LogP contribution in [0.15, 0.2) is 30.3 Å². The van der Waals surface area contributed by atoms with Crippen molar-refractivity contribution in [3.63, 3.8) is 0 Å². The van der Waals surface area contributed by atoms with E-state index in [1.165, 1.54) is 6.07 Å². The summed E-state index contributed by atoms with van der Waals surface area (Å²) in [4.78, 5) is 15.9. The van der Waals surface area contributed by atoms with E-state index in [0.29, 0.717) is 17.8 Å². The summed E-state index contributed by atoms with van der Waals surface area (Å²) < 4.78 is 13.5. The van der Waals surface area contributed by atoms with Gasteiger partial charge in [-0.15, -0.1) is 0 Å². The lowest BCUT2D eigenvalue weighted by atomic mass is 10.2. The van der Waals surface area contributed by atoms with E-state index in [2.05, 4.69) is 10.3 Å². The van der Waals surface area contributed by atoms with Crippen LogP contribution in [-0.2, 0) is 0 Å². The molecule has 1 N–H and O–H groups in total. The van der Waals surface area contributed by atoms with Crippen LogP contribution in [0.5, 0.6) is 0 Å². The summed E-state index contributed by atoms with van der Waals surface area (Å²) in [5.41, 5.74) is 0.475. The maximum absolute atomic E-state index is 13.5. The van der Waals surface area contributed by atoms with E-state index in [1.807, 2.05) is 13.8 Å². The van der Waals surface area contributed by atoms with Crippen LogP contribution in [0.2, 0.25) is 0 Å². The van der Waals surface area contributed by atoms with Gasteiger partial charge in [-0.25, -0.2) is 9.37 Å². The third kappa shape index (κ3) is 2.64. The van der Waals surface area contributed by atoms with Crippen molar-refractivity contribution in [2.45, 2.75) is 13.8 Å². The van der Waals surface area contributed by atoms with Gasteiger partial charge in [0.05, 0.1) is 0 Å². The quantitative estimate of drug-likeness (QED) is 0.904. The van der Waals surface area contributed by atoms with Crippen molar-refractivity contribution in [3.8, 4) is 0 Å². The molecular formula is C14H15FN2O. The molecular weight excluding hydrogens is 231 g/mol. The number of benzene rings is 1. The summed E-state index contributed by atoms with van der Waals surface area (Å²) in [7, 11) is 0. The van der Waals surface area contributed by atoms with E-state index in [0.717, 1.165) is 0 Å². The number of aromatic nitrogens is 1. The van der Waals surface area contributed by atoms with E-state index >= 15 is 0 Å². The lowest BCUT2D eigenvalue weighted by Crippen LogP contribution is -2.28. The van der Waals surface area contributed by atoms with Crippen LogP contribution in [0.4, 0.5) is 4.39 Å². The number of carbonyl (C=O) groups excluding carboxylic acids is 1. The third-order valence-corrected chi connectivity index (χ3v) is 2.57. The molecule has 0 radical (unpaired) electrons. The average molecular weight is 246 g/mol. The summed E-state index contributed by atoms with van der Waals surface area (Å²) in [5.74, 6) is -0.314. The summed E-state index contributed by atoms with van der Waals surface area (Å²) in [6, 6.07) is 8.04. The molecule has 4 heteroatoms. The lowest BCUT2D eigenvalue weighted by Gasteiger charge is -2.07. The number of fused-ring (bicyclic) bond motifs is 1. The van der Waals surface area contributed by atoms with Gasteiger partial charge < -0.3 is 5.32 Å². The Balaban J connectivity index is 2.29. The van der Waals surface area contributed by atoms with E-state index in [-0.39, 0.29) is 17.1 Å². The number of nitrogens with zero attached hydrogens (tertiary/aromatic N) is 1. The van der Waals surface area contributed by atoms with Crippen molar-refractivity contribution in [2.75, 3.05) is 6.54 Å². The molecule has 0 aliphatic rings. The molecule has 1 aromatic carbocycles. The predicted octanol–water partition coefficient (Wildman–Crippen LogP) is 2.76. The predicted molar refractivity (Wildman–Crippen MR) is 68.9 cm³/mol. The first kappa shape index (κ1) is 12.5. The highest BCUT2D eigenvalue weighted by molar-refractivity contribution is 5.94. The average Bonchev–Trinajstić information content (AvgIpc) is 2.36. The number of halogens is 1. The van der Waals surface area contributed by atoms with E-state index in [1.54, 1.807) is 24.3 Å². The first-order chi connectivity index (χ1) is 8.58. The number of carbonyl (C=O) groups is 1. The minimum atomic E-state index is -0.411. The van der Waals surface area contributed by atoms with Crippen molar-refractivity contribution in [1.82, 2.24) is 10.3 Å². The number of nitrogens with one attached hydrogen (secondary N) is 1. The number of hydrogen-bond acceptors (Lipinski definition) is 2. The van der Waals surface area contributed by atoms with Gasteiger partial charge in [-0.2, -0.15) is 0 Å². The van der Waals surface area contributed by atoms with Crippen molar-refractivity contribution in [1.29, 1.82) is 0 Å². The summed E-state index contributed by atoms with van der Waals surface area (Å²) in [6.45, 7) is 4.59. The topological polar surface area (TPSA) is 42.0 Å². The Kier molecular flexibility index (Phi) is 3.55. The van der Waals surface area contributed by atoms with Crippen LogP contribution >= 0.6 is 0 Å². The monoisotopic (exact) mass is 246 g/mol. The van der Waals surface area contributed by atoms with Gasteiger partial charge in [-0.3, -0.25) is 4.79 Å². The van der Waals surface area contributed by atoms with Crippen molar-refractivity contribution in [3.05, 3.63) is 41.8 Å². The molecule has 2 rings (SSSR count). The Morgan fingerprint density at radius 2 is 2.11 bits per heavy atom. The molecule has 1 aromatic heterocycles. The third-order valence-electron chi connectivity index (χ3n) is 2.57. The highest BCUT2D eigenvalue weighted by Gasteiger charge is 2.10. The molecule has 3 nitrogen and oxygen atoms in total. The molecule has 0 fully saturated rings. The molecule has 0 saturated carbocycles. The van der Waals surface area contributed by atoms with Gasteiger partial charge in [0.2, 0.25) is 0 Å². The van der Waals surface area contributed by atoms with Gasteiger partial charge in [0.1, 0.15) is 17.0 Å². The molecule has 0 atom stereocenters. The largest absolute Gasteiger partial charge is 0.350 e. The maximum atomic E-state index is 13.5. The van der Waals surface area contributed by atoms with Crippen LogP contribution in [0.3, 0.4) is 0 Å². The fourth-order valence-electron chi connectivity index (χ4n) is 1.62. The van der Waals surface area contributed by atoms with Crippen molar-refractivity contribution in [2.24, 2.45) is 5.92 Å². The highest BCUT2D eigenvalue weighted by atomic mass is 19.1. The minimum Gasteiger partial charge on any atom is -0.350 e. The molecule has 0 spiro atoms. The zero-order valence-electron chi connectivity index (χ0n) is 10.4. The van der Waals surface area contributed by atoms with Gasteiger partial charge in [0.15, 0.2) is 0 Å². The molecule has 94 valence electrons. The minimum absolute atomic E-state index is 0.231. The van der Waals surface area contributed by atoms with Crippen LogP contribution < -0.4 is 5.32 Å². The van der Waals surface area contributed by atoms with Crippen LogP contribution in [0.25, 0.3) is 10.9 Å². The van der Waals surface area contributed by atoms with Crippen molar-refractivity contribution < 1.29 is 9.18 Å². The van der Waals surface area contributed by atoms with E-state index in [9.17, 15) is 9.18 Å². The standard InChI is InChI=1S/C14H15FN2O/c1-9(2)8-16-14(18)12-7-6-10-4-3-5-11(15)13(10)17-12/h3-7,9H,8H2,1-2H3,(H,16,18). The fourth-order valence-corrected chi connectivity index (χ4v) is 1.62. The number of rotatable bonds is 3. The molecule has 0 saturated heterocycles. The second kappa shape index (κ2) is 5.12. The molecule has 0 unspecified atom stereocenters. The highest BCUT2D eigenvalue weighted by Crippen LogP contribution is 2.15. The van der Waals surface area contributed by atoms with Crippen LogP contribution in [0, 0.1) is 11.7 Å². The second-order valence-electron chi connectivity index (χ2n) is 4.61. The molecule has 1 amide bonds. The molecule has 2 aromatic rings. The number of pyridine rings is 1. The first-order valence-electron chi connectivity index (χ1n) is 5.91. The Labute approximate surface area is 105 Å². The Morgan fingerprint density at radius 1 is 1.33 bits per heavy atom. The summed E-state index contributed by atoms with van der Waals surface area (Å²) in [6.07, 6.45) is 0. The Hall–Kier alpha value is -1.97. The Morgan fingerprint density at radius 3 is 2.83 bits per heavy atom. The number of hydrogen-bond donors (Lipinski definition) is 1. The van der Waals surface area contributed by atoms with Gasteiger partial charge >= 0.3 is 0 Å². The lowest BCUT2D eigenvalue weighted by molar-refractivity contribution is 0.0944. The van der Waals surface area contributed by atoms with Crippen LogP contribution in [-0.4, -0.2) is 17.4 Å². The number of para-hydroxylation sites is 1. The SMILES string of the molecule is CC(C)CNC(=O)c1ccc2cccc(F)c2n1. The van der Waals surface area contributed by atoms with E-state index < -0.39 is 5.82 Å². The second-order valence-corrected chi connectivity index (χ2v) is 4.61. The molecule has 18 heavy (non-hydrogen) atoms. The Bertz CT molecular complexity index is 581.